The molecule has 0 aromatic heterocycles. The Balaban J connectivity index is -0.0000000910. The van der Waals surface area contributed by atoms with Crippen LogP contribution in [0.2, 0.25) is 0 Å². The Hall–Kier alpha value is -0.0500. The van der Waals surface area contributed by atoms with Gasteiger partial charge in [0.15, 0.2) is 0 Å². The van der Waals surface area contributed by atoms with Crippen LogP contribution in [0.15, 0.2) is 24.8 Å². The maximum atomic E-state index is 9.25. The van der Waals surface area contributed by atoms with Gasteiger partial charge in [0.25, 0.3) is 0 Å². The first-order valence-electron chi connectivity index (χ1n) is 2.61. The monoisotopic (exact) mass is 151 g/mol. The number of carboxylic acid groups (broad SMARTS) is 1. The van der Waals surface area contributed by atoms with Crippen LogP contribution in [0.1, 0.15) is 13.8 Å². The van der Waals surface area contributed by atoms with Gasteiger partial charge in [-0.05, 0) is 13.8 Å². The van der Waals surface area contributed by atoms with Gasteiger partial charge < -0.3 is 5.11 Å². The van der Waals surface area contributed by atoms with Crippen molar-refractivity contribution < 1.29 is 9.90 Å². The summed E-state index contributed by atoms with van der Waals surface area (Å²) in [4.78, 5) is 9.25. The van der Waals surface area contributed by atoms with Gasteiger partial charge in [0.2, 0.25) is 0 Å². The molecule has 0 saturated heterocycles. The molecule has 0 aromatic carbocycles. The molecule has 2 nitrogen and oxygen atoms in total. The molecule has 10 heavy (non-hydrogen) atoms. The van der Waals surface area contributed by atoms with E-state index in [0.29, 0.717) is 0 Å². The van der Waals surface area contributed by atoms with Gasteiger partial charge in [-0.3, -0.25) is 0 Å². The fourth-order valence-corrected chi connectivity index (χ4v) is 0. The molecule has 1 N–H and O–H groups in total. The van der Waals surface area contributed by atoms with Gasteiger partial charge in [-0.1, -0.05) is 18.7 Å². The molecular formula is C7H12NaO2. The molecule has 0 aliphatic heterocycles. The van der Waals surface area contributed by atoms with Crippen molar-refractivity contribution in [1.29, 1.82) is 0 Å². The average molecular weight is 151 g/mol. The second-order valence-corrected chi connectivity index (χ2v) is 1.21. The molecule has 0 heterocycles. The second kappa shape index (κ2) is 16.0. The number of hydrogen-bond donors (Lipinski definition) is 1. The Kier molecular flexibility index (Phi) is 26.4. The molecule has 0 amide bonds. The maximum absolute atomic E-state index is 9.25. The zero-order valence-electron chi connectivity index (χ0n) is 6.79. The Bertz CT molecular complexity index is 104. The molecule has 0 unspecified atom stereocenters. The SMILES string of the molecule is C=CC(=O)O.CC=CC.[Na]. The third-order valence-electron chi connectivity index (χ3n) is 0.508. The van der Waals surface area contributed by atoms with Crippen LogP contribution in [0, 0.1) is 0 Å². The number of rotatable bonds is 1. The zero-order valence-corrected chi connectivity index (χ0v) is 8.79. The number of carbonyl (C=O) groups is 1. The molecule has 0 bridgehead atoms. The van der Waals surface area contributed by atoms with Crippen LogP contribution < -0.4 is 0 Å². The van der Waals surface area contributed by atoms with E-state index in [1.165, 1.54) is 0 Å². The van der Waals surface area contributed by atoms with E-state index in [-0.39, 0.29) is 29.6 Å². The van der Waals surface area contributed by atoms with Gasteiger partial charge in [0, 0.05) is 35.6 Å². The first-order chi connectivity index (χ1) is 4.18. The van der Waals surface area contributed by atoms with E-state index in [1.807, 2.05) is 26.0 Å². The Morgan fingerprint density at radius 3 is 1.60 bits per heavy atom. The maximum Gasteiger partial charge on any atom is 0.327 e. The minimum absolute atomic E-state index is 0. The Morgan fingerprint density at radius 2 is 1.60 bits per heavy atom. The van der Waals surface area contributed by atoms with Crippen molar-refractivity contribution >= 4 is 35.5 Å². The molecule has 0 spiro atoms. The van der Waals surface area contributed by atoms with E-state index < -0.39 is 5.97 Å². The quantitative estimate of drug-likeness (QED) is 0.350. The first-order valence-corrected chi connectivity index (χ1v) is 2.61. The molecule has 1 radical (unpaired) electrons. The summed E-state index contributed by atoms with van der Waals surface area (Å²) in [6.45, 7) is 6.96. The minimum atomic E-state index is -0.981. The van der Waals surface area contributed by atoms with Crippen molar-refractivity contribution in [2.24, 2.45) is 0 Å². The second-order valence-electron chi connectivity index (χ2n) is 1.21. The number of carboxylic acids is 1. The van der Waals surface area contributed by atoms with Crippen LogP contribution in [0.4, 0.5) is 0 Å². The van der Waals surface area contributed by atoms with Crippen molar-refractivity contribution in [3.63, 3.8) is 0 Å². The molecule has 0 aromatic rings. The molecule has 0 atom stereocenters. The van der Waals surface area contributed by atoms with E-state index >= 15 is 0 Å². The summed E-state index contributed by atoms with van der Waals surface area (Å²) in [5.74, 6) is -0.981. The summed E-state index contributed by atoms with van der Waals surface area (Å²) < 4.78 is 0. The van der Waals surface area contributed by atoms with Crippen LogP contribution in [-0.2, 0) is 4.79 Å². The fraction of sp³-hybridized carbons (Fsp3) is 0.286. The predicted octanol–water partition coefficient (Wildman–Crippen LogP) is 1.46. The minimum Gasteiger partial charge on any atom is -0.478 e. The van der Waals surface area contributed by atoms with E-state index in [1.54, 1.807) is 0 Å². The predicted molar refractivity (Wildman–Crippen MR) is 44.1 cm³/mol. The molecule has 0 aliphatic rings. The van der Waals surface area contributed by atoms with Gasteiger partial charge in [-0.25, -0.2) is 4.79 Å². The van der Waals surface area contributed by atoms with E-state index in [4.69, 9.17) is 5.11 Å². The number of allylic oxidation sites excluding steroid dienone is 2. The zero-order chi connectivity index (χ0) is 7.70. The van der Waals surface area contributed by atoms with E-state index in [2.05, 4.69) is 6.58 Å². The van der Waals surface area contributed by atoms with E-state index in [9.17, 15) is 4.79 Å². The number of aliphatic carboxylic acids is 1. The van der Waals surface area contributed by atoms with Gasteiger partial charge in [-0.15, -0.1) is 0 Å². The largest absolute Gasteiger partial charge is 0.478 e. The normalized spacial score (nSPS) is 7.00. The smallest absolute Gasteiger partial charge is 0.327 e. The van der Waals surface area contributed by atoms with Crippen LogP contribution >= 0.6 is 0 Å². The van der Waals surface area contributed by atoms with Gasteiger partial charge >= 0.3 is 5.97 Å². The average Bonchev–Trinajstić information content (AvgIpc) is 1.89. The third kappa shape index (κ3) is 44.1. The molecule has 3 heteroatoms. The standard InChI is InChI=1S/C4H8.C3H4O2.Na/c1-3-4-2;1-2-3(4)5;/h3-4H,1-2H3;2H,1H2,(H,4,5);. The fourth-order valence-electron chi connectivity index (χ4n) is 0. The topological polar surface area (TPSA) is 37.3 Å². The Morgan fingerprint density at radius 1 is 1.40 bits per heavy atom. The van der Waals surface area contributed by atoms with Gasteiger partial charge in [-0.2, -0.15) is 0 Å². The van der Waals surface area contributed by atoms with Crippen molar-refractivity contribution in [1.82, 2.24) is 0 Å². The van der Waals surface area contributed by atoms with Crippen molar-refractivity contribution in [3.05, 3.63) is 24.8 Å². The van der Waals surface area contributed by atoms with Crippen LogP contribution in [0.5, 0.6) is 0 Å². The van der Waals surface area contributed by atoms with Crippen molar-refractivity contribution in [2.45, 2.75) is 13.8 Å². The first kappa shape index (κ1) is 16.5. The molecule has 0 saturated carbocycles. The summed E-state index contributed by atoms with van der Waals surface area (Å²) in [7, 11) is 0. The summed E-state index contributed by atoms with van der Waals surface area (Å²) in [6, 6.07) is 0. The van der Waals surface area contributed by atoms with Crippen LogP contribution in [0.3, 0.4) is 0 Å². The third-order valence-corrected chi connectivity index (χ3v) is 0.508. The van der Waals surface area contributed by atoms with Gasteiger partial charge in [0.05, 0.1) is 0 Å². The molecule has 0 rings (SSSR count). The molecular weight excluding hydrogens is 139 g/mol. The molecule has 0 fully saturated rings. The summed E-state index contributed by atoms with van der Waals surface area (Å²) in [5, 5.41) is 7.60. The summed E-state index contributed by atoms with van der Waals surface area (Å²) in [5.41, 5.74) is 0. The molecule has 53 valence electrons. The summed E-state index contributed by atoms with van der Waals surface area (Å²) in [6.07, 6.45) is 4.83. The molecule has 0 aliphatic carbocycles. The Labute approximate surface area is 83.9 Å². The van der Waals surface area contributed by atoms with E-state index in [0.717, 1.165) is 6.08 Å². The number of hydrogen-bond acceptors (Lipinski definition) is 1. The van der Waals surface area contributed by atoms with Crippen LogP contribution in [0.25, 0.3) is 0 Å². The van der Waals surface area contributed by atoms with Crippen LogP contribution in [-0.4, -0.2) is 40.6 Å². The van der Waals surface area contributed by atoms with Crippen molar-refractivity contribution in [2.75, 3.05) is 0 Å². The van der Waals surface area contributed by atoms with Crippen molar-refractivity contribution in [3.8, 4) is 0 Å². The summed E-state index contributed by atoms with van der Waals surface area (Å²) >= 11 is 0. The van der Waals surface area contributed by atoms with Gasteiger partial charge in [0.1, 0.15) is 0 Å².